The van der Waals surface area contributed by atoms with Gasteiger partial charge in [-0.25, -0.2) is 24.9 Å². The Kier molecular flexibility index (Phi) is 45.6. The Morgan fingerprint density at radius 2 is 0.865 bits per heavy atom. The zero-order valence-corrected chi connectivity index (χ0v) is 80.1. The van der Waals surface area contributed by atoms with E-state index < -0.39 is 17.9 Å². The van der Waals surface area contributed by atoms with Crippen LogP contribution in [0.4, 0.5) is 11.6 Å². The molecular weight excluding hydrogens is 1760 g/mol. The van der Waals surface area contributed by atoms with Crippen molar-refractivity contribution in [3.63, 3.8) is 0 Å². The number of nitrogens with two attached hydrogens (primary N) is 3. The number of aliphatic hydroxyl groups is 1. The minimum absolute atomic E-state index is 0.00152. The highest BCUT2D eigenvalue weighted by Gasteiger charge is 2.52. The number of likely N-dealkylation sites (N-methyl/N-ethyl adjacent to an activating group) is 1. The number of carbonyl (C=O) groups excluding carboxylic acids is 4. The molecule has 0 radical (unpaired) electrons. The van der Waals surface area contributed by atoms with E-state index in [9.17, 15) is 28.8 Å². The lowest BCUT2D eigenvalue weighted by Gasteiger charge is -2.33. The molecule has 11 aromatic rings. The van der Waals surface area contributed by atoms with Crippen molar-refractivity contribution in [2.45, 2.75) is 110 Å². The summed E-state index contributed by atoms with van der Waals surface area (Å²) in [5.41, 5.74) is 13.6. The van der Waals surface area contributed by atoms with Crippen molar-refractivity contribution in [3.8, 4) is 34.5 Å². The molecule has 0 aliphatic carbocycles. The number of carboxylic acid groups (broad SMARTS) is 2. The van der Waals surface area contributed by atoms with Gasteiger partial charge in [0.15, 0.2) is 0 Å². The molecule has 2 fully saturated rings. The summed E-state index contributed by atoms with van der Waals surface area (Å²) in [4.78, 5) is 93.6. The number of hydrogen-bond donors (Lipinski definition) is 8. The molecule has 7 heterocycles. The van der Waals surface area contributed by atoms with Crippen LogP contribution in [0.1, 0.15) is 167 Å². The largest absolute Gasteiger partial charge is 0.496 e. The van der Waals surface area contributed by atoms with Crippen LogP contribution in [-0.4, -0.2) is 206 Å². The predicted octanol–water partition coefficient (Wildman–Crippen LogP) is 15.5. The van der Waals surface area contributed by atoms with E-state index >= 15 is 0 Å². The van der Waals surface area contributed by atoms with Crippen molar-refractivity contribution in [1.82, 2.24) is 40.0 Å². The van der Waals surface area contributed by atoms with Crippen molar-refractivity contribution in [2.24, 2.45) is 17.4 Å². The SMILES string of the molecule is CN1CCN(c2ccc(B3OC(C)(C)C(C)(C)O3)cn2)CC1.COc1ccccc1C(C)C(=O)O.COc1ccccc1C(C)CN.COc1ccccc1C(C)CN1C(=O)c2ccccc2C1=O.COc1ccccc1C(C)CNc1cc(Cl)ncn1.COc1ccccc1C(C)CO.COc1ccccc1CC(=O)O.Clc1cc(Cl)ncn1.NN.O=C1NC(=O)c2ccccc21. The van der Waals surface area contributed by atoms with E-state index in [1.165, 1.54) is 43.4 Å². The molecule has 133 heavy (non-hydrogen) atoms. The lowest BCUT2D eigenvalue weighted by molar-refractivity contribution is -0.138. The van der Waals surface area contributed by atoms with Gasteiger partial charge in [-0.2, -0.15) is 0 Å². The van der Waals surface area contributed by atoms with E-state index in [4.69, 9.17) is 93.6 Å². The van der Waals surface area contributed by atoms with Gasteiger partial charge in [-0.3, -0.25) is 50.7 Å². The molecule has 5 atom stereocenters. The number of amides is 4. The minimum Gasteiger partial charge on any atom is -0.496 e. The average Bonchev–Trinajstić information content (AvgIpc) is 1.63. The van der Waals surface area contributed by atoms with Crippen LogP contribution in [0.3, 0.4) is 0 Å². The fourth-order valence-corrected chi connectivity index (χ4v) is 13.9. The van der Waals surface area contributed by atoms with Gasteiger partial charge in [0.25, 0.3) is 23.6 Å². The standard InChI is InChI=1S/C18H17NO3.C16H26BN3O2.C14H16ClN3O.C10H15NO.C10H12O3.C10H14O2.C9H10O3.C8H5NO2.C4H2Cl2N2.H4N2/c1-12(13-7-5-6-10-16(13)22-2)11-19-17(20)14-8-3-4-9-15(14)18(19)21;1-15(2)16(3,4)22-17(21-15)13-6-7-14(18-12-13)20-10-8-19(5)9-11-20;1-10(11-5-3-4-6-12(11)19-2)8-16-14-7-13(15)17-9-18-14;1-8(7-11)9-5-3-4-6-10(9)12-2;1-7(10(11)12)8-5-3-4-6-9(8)13-2;1-8(7-11)9-5-3-4-6-10(9)12-2;1-12-8-5-3-2-4-7(8)6-9(10)11;10-7-5-3-1-2-4-6(5)8(11)9-7;5-3-1-4(6)8-2-7-3;1-2/h3-10,12H,11H2,1-2H3;6-7,12H,8-11H2,1-5H3;3-7,9-10H,8H2,1-2H3,(H,16,17,18);3-6,8H,7,11H2,1-2H3;3-7H,1-2H3,(H,11,12);3-6,8,11H,7H2,1-2H3;2-5H,6H2,1H3,(H,10,11);1-4H,(H,9,10,11);1-2H;1-2H2. The molecule has 34 heteroatoms. The van der Waals surface area contributed by atoms with Crippen LogP contribution < -0.4 is 66.8 Å². The fraction of sp³-hybridized carbons (Fsp3) is 0.323. The Bertz CT molecular complexity index is 5360. The third kappa shape index (κ3) is 32.9. The highest BCUT2D eigenvalue weighted by molar-refractivity contribution is 6.62. The third-order valence-electron chi connectivity index (χ3n) is 21.7. The Labute approximate surface area is 793 Å². The molecule has 708 valence electrons. The van der Waals surface area contributed by atoms with Crippen LogP contribution in [0.25, 0.3) is 0 Å². The Morgan fingerprint density at radius 1 is 0.489 bits per heavy atom. The quantitative estimate of drug-likeness (QED) is 0.00969. The van der Waals surface area contributed by atoms with E-state index in [-0.39, 0.29) is 66.8 Å². The van der Waals surface area contributed by atoms with Crippen LogP contribution in [0, 0.1) is 0 Å². The van der Waals surface area contributed by atoms with Crippen LogP contribution >= 0.6 is 34.8 Å². The molecule has 15 rings (SSSR count). The van der Waals surface area contributed by atoms with E-state index in [1.54, 1.807) is 126 Å². The molecule has 4 amide bonds. The summed E-state index contributed by atoms with van der Waals surface area (Å²) in [6, 6.07) is 66.6. The molecule has 30 nitrogen and oxygen atoms in total. The van der Waals surface area contributed by atoms with E-state index in [1.807, 2.05) is 117 Å². The number of carboxylic acids is 2. The van der Waals surface area contributed by atoms with Crippen LogP contribution in [-0.2, 0) is 25.3 Å². The molecular formula is C99H121BCl3N13O17. The Morgan fingerprint density at radius 3 is 1.26 bits per heavy atom. The van der Waals surface area contributed by atoms with Gasteiger partial charge < -0.3 is 73.9 Å². The summed E-state index contributed by atoms with van der Waals surface area (Å²) in [5, 5.41) is 32.9. The summed E-state index contributed by atoms with van der Waals surface area (Å²) < 4.78 is 43.3. The minimum atomic E-state index is -0.848. The van der Waals surface area contributed by atoms with Gasteiger partial charge in [-0.1, -0.05) is 202 Å². The first-order chi connectivity index (χ1) is 63.7. The van der Waals surface area contributed by atoms with Gasteiger partial charge >= 0.3 is 19.1 Å². The number of benzene rings is 8. The number of imide groups is 2. The first-order valence-corrected chi connectivity index (χ1v) is 43.7. The van der Waals surface area contributed by atoms with Crippen LogP contribution in [0.15, 0.2) is 237 Å². The Balaban J connectivity index is 0.000000233. The Hall–Kier alpha value is -12.7. The summed E-state index contributed by atoms with van der Waals surface area (Å²) >= 11 is 16.6. The molecule has 0 saturated carbocycles. The van der Waals surface area contributed by atoms with Gasteiger partial charge in [0, 0.05) is 98.5 Å². The average molecular weight is 1880 g/mol. The number of carbonyl (C=O) groups is 6. The van der Waals surface area contributed by atoms with E-state index in [0.29, 0.717) is 85.3 Å². The number of para-hydroxylation sites is 6. The van der Waals surface area contributed by atoms with Crippen molar-refractivity contribution in [3.05, 3.63) is 308 Å². The van der Waals surface area contributed by atoms with Gasteiger partial charge in [0.1, 0.15) is 74.2 Å². The number of aliphatic carboxylic acids is 2. The predicted molar refractivity (Wildman–Crippen MR) is 521 cm³/mol. The summed E-state index contributed by atoms with van der Waals surface area (Å²) in [7, 11) is 11.5. The van der Waals surface area contributed by atoms with Crippen molar-refractivity contribution in [1.29, 1.82) is 0 Å². The van der Waals surface area contributed by atoms with E-state index in [2.05, 4.69) is 130 Å². The number of piperazine rings is 1. The highest BCUT2D eigenvalue weighted by atomic mass is 35.5. The molecule has 0 bridgehead atoms. The molecule has 8 aromatic carbocycles. The number of aliphatic hydroxyl groups excluding tert-OH is 1. The summed E-state index contributed by atoms with van der Waals surface area (Å²) in [5.74, 6) is 12.0. The van der Waals surface area contributed by atoms with Crippen LogP contribution in [0.2, 0.25) is 15.5 Å². The highest BCUT2D eigenvalue weighted by Crippen LogP contribution is 2.38. The maximum Gasteiger partial charge on any atom is 0.496 e. The number of hydrazine groups is 1. The second kappa shape index (κ2) is 55.6. The molecule has 11 N–H and O–H groups in total. The van der Waals surface area contributed by atoms with Gasteiger partial charge in [-0.05, 0) is 143 Å². The summed E-state index contributed by atoms with van der Waals surface area (Å²) in [6.07, 6.45) is 4.64. The zero-order chi connectivity index (χ0) is 97.9. The maximum absolute atomic E-state index is 12.4. The second-order valence-corrected chi connectivity index (χ2v) is 32.5. The molecule has 0 spiro atoms. The number of pyridine rings is 1. The third-order valence-corrected chi connectivity index (χ3v) is 22.4. The normalized spacial score (nSPS) is 14.4. The first-order valence-electron chi connectivity index (χ1n) is 42.5. The van der Waals surface area contributed by atoms with Gasteiger partial charge in [-0.15, -0.1) is 0 Å². The number of methoxy groups -OCH3 is 6. The number of fused-ring (bicyclic) bond motifs is 2. The zero-order valence-electron chi connectivity index (χ0n) is 77.8. The van der Waals surface area contributed by atoms with Crippen molar-refractivity contribution in [2.75, 3.05) is 112 Å². The number of rotatable bonds is 23. The molecule has 4 aliphatic heterocycles. The lowest BCUT2D eigenvalue weighted by Crippen LogP contribution is -2.45. The lowest BCUT2D eigenvalue weighted by atomic mass is 9.80. The molecule has 4 aliphatic rings. The number of aromatic nitrogens is 5. The number of nitrogens with zero attached hydrogens (tertiary/aromatic N) is 8. The number of nitrogens with one attached hydrogen (secondary N) is 2. The second-order valence-electron chi connectivity index (χ2n) is 31.4. The molecule has 5 unspecified atom stereocenters. The molecule has 3 aromatic heterocycles. The van der Waals surface area contributed by atoms with E-state index in [0.717, 1.165) is 89.5 Å². The number of anilines is 2. The number of hydrogen-bond acceptors (Lipinski definition) is 26. The van der Waals surface area contributed by atoms with Gasteiger partial charge in [0.05, 0.1) is 88.5 Å². The maximum atomic E-state index is 12.4. The molecule has 2 saturated heterocycles. The number of halogens is 3. The van der Waals surface area contributed by atoms with Crippen molar-refractivity contribution < 1.29 is 81.8 Å². The van der Waals surface area contributed by atoms with Crippen molar-refractivity contribution >= 4 is 94.6 Å². The monoisotopic (exact) mass is 1880 g/mol. The first kappa shape index (κ1) is 109. The topological polar surface area (TPSA) is 413 Å². The fourth-order valence-electron chi connectivity index (χ4n) is 13.4. The smallest absolute Gasteiger partial charge is 0.496 e. The number of ether oxygens (including phenoxy) is 6. The van der Waals surface area contributed by atoms with Gasteiger partial charge in [0.2, 0.25) is 0 Å². The van der Waals surface area contributed by atoms with Crippen LogP contribution in [0.5, 0.6) is 34.5 Å². The summed E-state index contributed by atoms with van der Waals surface area (Å²) in [6.45, 7) is 24.2.